The van der Waals surface area contributed by atoms with Gasteiger partial charge in [0.05, 0.1) is 51.7 Å². The van der Waals surface area contributed by atoms with E-state index in [1.807, 2.05) is 89.0 Å². The molecule has 0 bridgehead atoms. The van der Waals surface area contributed by atoms with Gasteiger partial charge in [0.25, 0.3) is 0 Å². The van der Waals surface area contributed by atoms with Gasteiger partial charge in [-0.2, -0.15) is 0 Å². The Labute approximate surface area is 291 Å². The van der Waals surface area contributed by atoms with Crippen molar-refractivity contribution >= 4 is 34.3 Å². The molecule has 3 aliphatic rings. The Balaban J connectivity index is 1.01. The second-order valence-corrected chi connectivity index (χ2v) is 16.2. The third-order valence-electron chi connectivity index (χ3n) is 9.71. The molecule has 12 nitrogen and oxygen atoms in total. The normalized spacial score (nSPS) is 23.5. The number of rotatable bonds is 4. The number of carbonyl (C=O) groups is 2. The molecule has 5 aromatic rings. The second kappa shape index (κ2) is 11.5. The van der Waals surface area contributed by atoms with Crippen LogP contribution in [-0.4, -0.2) is 75.7 Å². The summed E-state index contributed by atoms with van der Waals surface area (Å²) < 4.78 is 11.4. The molecule has 1 saturated carbocycles. The number of hydrogen-bond acceptors (Lipinski definition) is 8. The number of likely N-dealkylation sites (tertiary alicyclic amines) is 2. The number of hydrogen-bond donors (Lipinski definition) is 2. The van der Waals surface area contributed by atoms with Crippen LogP contribution >= 0.6 is 0 Å². The Morgan fingerprint density at radius 1 is 0.780 bits per heavy atom. The molecule has 5 heterocycles. The van der Waals surface area contributed by atoms with Crippen LogP contribution in [0.1, 0.15) is 91.5 Å². The number of benzene rings is 2. The number of imidazole rings is 2. The molecular formula is C38H44N8O4. The van der Waals surface area contributed by atoms with Crippen molar-refractivity contribution in [2.24, 2.45) is 11.8 Å². The molecule has 2 N–H and O–H groups in total. The molecule has 2 aliphatic heterocycles. The minimum absolute atomic E-state index is 0.129. The summed E-state index contributed by atoms with van der Waals surface area (Å²) in [4.78, 5) is 56.1. The van der Waals surface area contributed by atoms with E-state index >= 15 is 0 Å². The predicted molar refractivity (Wildman–Crippen MR) is 189 cm³/mol. The fraction of sp³-hybridized carbons (Fsp3) is 0.474. The lowest BCUT2D eigenvalue weighted by Crippen LogP contribution is -2.38. The number of aromatic nitrogens is 6. The first kappa shape index (κ1) is 32.2. The topological polar surface area (TPSA) is 142 Å². The van der Waals surface area contributed by atoms with E-state index in [4.69, 9.17) is 29.4 Å². The molecule has 8 rings (SSSR count). The zero-order chi connectivity index (χ0) is 35.1. The first-order valence-electron chi connectivity index (χ1n) is 17.5. The molecule has 3 fully saturated rings. The Morgan fingerprint density at radius 3 is 2.26 bits per heavy atom. The zero-order valence-corrected chi connectivity index (χ0v) is 29.7. The summed E-state index contributed by atoms with van der Waals surface area (Å²) in [6, 6.07) is 11.9. The number of aromatic amines is 2. The number of ether oxygens (including phenoxy) is 2. The fourth-order valence-corrected chi connectivity index (χ4v) is 7.42. The number of H-pyrrole nitrogens is 2. The maximum absolute atomic E-state index is 13.1. The lowest BCUT2D eigenvalue weighted by Gasteiger charge is -2.29. The molecule has 2 amide bonds. The largest absolute Gasteiger partial charge is 0.444 e. The third-order valence-corrected chi connectivity index (χ3v) is 9.71. The standard InChI is InChI=1S/C38H44N8O4/c1-20-12-31(45(19-20)35(47)49-37(2,3)4)33-40-18-29(44-33)21-8-10-24-26(13-21)39-17-28(41-24)22-9-11-25-27(14-22)43-34(42-25)32-16-23-15-30(23)46(32)36(48)50-38(5,6)7/h8-11,13-14,17-18,20,23,30-32H,12,15-16,19H2,1-7H3,(H,40,44)(H,42,43)/t20-,23?,30-,31+,32+/m1/s1. The molecule has 3 aromatic heterocycles. The van der Waals surface area contributed by atoms with Gasteiger partial charge in [0.15, 0.2) is 0 Å². The highest BCUT2D eigenvalue weighted by molar-refractivity contribution is 5.85. The van der Waals surface area contributed by atoms with Gasteiger partial charge >= 0.3 is 12.2 Å². The summed E-state index contributed by atoms with van der Waals surface area (Å²) in [6.07, 6.45) is 5.80. The van der Waals surface area contributed by atoms with Crippen molar-refractivity contribution in [3.8, 4) is 22.5 Å². The van der Waals surface area contributed by atoms with Crippen LogP contribution in [0.25, 0.3) is 44.6 Å². The van der Waals surface area contributed by atoms with Gasteiger partial charge in [-0.05, 0) is 96.9 Å². The van der Waals surface area contributed by atoms with Crippen molar-refractivity contribution in [1.29, 1.82) is 0 Å². The van der Waals surface area contributed by atoms with Gasteiger partial charge < -0.3 is 19.4 Å². The van der Waals surface area contributed by atoms with Crippen LogP contribution < -0.4 is 0 Å². The average molecular weight is 677 g/mol. The maximum atomic E-state index is 13.1. The Kier molecular flexibility index (Phi) is 7.43. The van der Waals surface area contributed by atoms with Crippen LogP contribution in [0.4, 0.5) is 9.59 Å². The monoisotopic (exact) mass is 676 g/mol. The lowest BCUT2D eigenvalue weighted by atomic mass is 10.1. The summed E-state index contributed by atoms with van der Waals surface area (Å²) in [6.45, 7) is 14.1. The van der Waals surface area contributed by atoms with E-state index in [1.54, 1.807) is 11.1 Å². The van der Waals surface area contributed by atoms with Gasteiger partial charge in [0.2, 0.25) is 0 Å². The number of carbonyl (C=O) groups excluding carboxylic acids is 2. The zero-order valence-electron chi connectivity index (χ0n) is 29.7. The minimum Gasteiger partial charge on any atom is -0.444 e. The number of amides is 2. The molecule has 1 aliphatic carbocycles. The van der Waals surface area contributed by atoms with Crippen molar-refractivity contribution in [3.05, 3.63) is 60.4 Å². The van der Waals surface area contributed by atoms with E-state index in [0.29, 0.717) is 18.4 Å². The van der Waals surface area contributed by atoms with Crippen molar-refractivity contribution in [2.75, 3.05) is 6.54 Å². The molecule has 0 radical (unpaired) electrons. The summed E-state index contributed by atoms with van der Waals surface area (Å²) in [7, 11) is 0. The summed E-state index contributed by atoms with van der Waals surface area (Å²) in [5, 5.41) is 0. The average Bonchev–Trinajstić information content (AvgIpc) is 3.49. The Morgan fingerprint density at radius 2 is 1.50 bits per heavy atom. The van der Waals surface area contributed by atoms with Crippen molar-refractivity contribution in [1.82, 2.24) is 39.7 Å². The lowest BCUT2D eigenvalue weighted by molar-refractivity contribution is 0.0172. The first-order valence-corrected chi connectivity index (χ1v) is 17.5. The van der Waals surface area contributed by atoms with Gasteiger partial charge in [0, 0.05) is 29.9 Å². The van der Waals surface area contributed by atoms with E-state index in [-0.39, 0.29) is 30.3 Å². The molecular weight excluding hydrogens is 632 g/mol. The highest BCUT2D eigenvalue weighted by atomic mass is 16.6. The number of piperidine rings is 1. The highest BCUT2D eigenvalue weighted by Crippen LogP contribution is 2.53. The first-order chi connectivity index (χ1) is 23.7. The highest BCUT2D eigenvalue weighted by Gasteiger charge is 2.56. The third kappa shape index (κ3) is 6.16. The van der Waals surface area contributed by atoms with Gasteiger partial charge in [-0.15, -0.1) is 0 Å². The van der Waals surface area contributed by atoms with Crippen LogP contribution in [0.5, 0.6) is 0 Å². The van der Waals surface area contributed by atoms with Gasteiger partial charge in [-0.1, -0.05) is 19.1 Å². The fourth-order valence-electron chi connectivity index (χ4n) is 7.42. The van der Waals surface area contributed by atoms with Gasteiger partial charge in [0.1, 0.15) is 22.9 Å². The molecule has 2 aromatic carbocycles. The van der Waals surface area contributed by atoms with E-state index < -0.39 is 11.2 Å². The SMILES string of the molecule is C[C@@H]1C[C@@H](c2nc(-c3ccc4nc(-c5ccc6nc([C@@H]7CC8C[C@H]8N7C(=O)OC(C)(C)C)[nH]c6c5)cnc4c3)c[nH]2)N(C(=O)OC(C)(C)C)C1. The van der Waals surface area contributed by atoms with Gasteiger partial charge in [-0.3, -0.25) is 14.8 Å². The second-order valence-electron chi connectivity index (χ2n) is 16.2. The molecule has 0 spiro atoms. The smallest absolute Gasteiger partial charge is 0.411 e. The summed E-state index contributed by atoms with van der Waals surface area (Å²) >= 11 is 0. The predicted octanol–water partition coefficient (Wildman–Crippen LogP) is 7.95. The Hall–Kier alpha value is -5.00. The minimum atomic E-state index is -0.564. The van der Waals surface area contributed by atoms with Crippen molar-refractivity contribution < 1.29 is 19.1 Å². The van der Waals surface area contributed by atoms with Crippen LogP contribution in [0.15, 0.2) is 48.8 Å². The van der Waals surface area contributed by atoms with Crippen LogP contribution in [0.3, 0.4) is 0 Å². The van der Waals surface area contributed by atoms with Gasteiger partial charge in [-0.25, -0.2) is 24.5 Å². The quantitative estimate of drug-likeness (QED) is 0.195. The maximum Gasteiger partial charge on any atom is 0.411 e. The number of fused-ring (bicyclic) bond motifs is 3. The van der Waals surface area contributed by atoms with Crippen LogP contribution in [0.2, 0.25) is 0 Å². The van der Waals surface area contributed by atoms with Crippen molar-refractivity contribution in [3.63, 3.8) is 0 Å². The number of nitrogens with zero attached hydrogens (tertiary/aromatic N) is 6. The molecule has 12 heteroatoms. The molecule has 5 atom stereocenters. The number of nitrogens with one attached hydrogen (secondary N) is 2. The van der Waals surface area contributed by atoms with Crippen molar-refractivity contribution in [2.45, 2.75) is 97.1 Å². The molecule has 50 heavy (non-hydrogen) atoms. The molecule has 1 unspecified atom stereocenters. The molecule has 2 saturated heterocycles. The van der Waals surface area contributed by atoms with E-state index in [1.165, 1.54) is 0 Å². The van der Waals surface area contributed by atoms with Crippen LogP contribution in [0, 0.1) is 11.8 Å². The van der Waals surface area contributed by atoms with E-state index in [0.717, 1.165) is 75.5 Å². The van der Waals surface area contributed by atoms with Crippen LogP contribution in [-0.2, 0) is 9.47 Å². The summed E-state index contributed by atoms with van der Waals surface area (Å²) in [5.74, 6) is 2.38. The van der Waals surface area contributed by atoms with E-state index in [9.17, 15) is 9.59 Å². The summed E-state index contributed by atoms with van der Waals surface area (Å²) in [5.41, 5.74) is 5.49. The Bertz CT molecular complexity index is 2120. The van der Waals surface area contributed by atoms with E-state index in [2.05, 4.69) is 16.9 Å². The molecule has 260 valence electrons.